The van der Waals surface area contributed by atoms with Crippen LogP contribution in [0, 0.1) is 6.92 Å². The number of piperazine rings is 1. The van der Waals surface area contributed by atoms with Crippen molar-refractivity contribution in [1.29, 1.82) is 0 Å². The Morgan fingerprint density at radius 2 is 1.70 bits per heavy atom. The monoisotopic (exact) mass is 274 g/mol. The highest BCUT2D eigenvalue weighted by atomic mass is 15.3. The standard InChI is InChI=1S/C16H26N4/c1-14-11-16(13-17-12-14)19-5-3-15(4-6-19)20-9-7-18(2)8-10-20/h11-13,15H,3-10H2,1-2H3. The summed E-state index contributed by atoms with van der Waals surface area (Å²) in [4.78, 5) is 11.9. The van der Waals surface area contributed by atoms with Crippen LogP contribution in [-0.4, -0.2) is 67.1 Å². The average molecular weight is 274 g/mol. The summed E-state index contributed by atoms with van der Waals surface area (Å²) in [6.45, 7) is 9.39. The summed E-state index contributed by atoms with van der Waals surface area (Å²) >= 11 is 0. The maximum atomic E-state index is 4.32. The Morgan fingerprint density at radius 1 is 1.00 bits per heavy atom. The highest BCUT2D eigenvalue weighted by molar-refractivity contribution is 5.46. The quantitative estimate of drug-likeness (QED) is 0.817. The molecule has 3 rings (SSSR count). The molecule has 20 heavy (non-hydrogen) atoms. The normalized spacial score (nSPS) is 23.2. The molecule has 0 aliphatic carbocycles. The SMILES string of the molecule is Cc1cncc(N2CCC(N3CCN(C)CC3)CC2)c1. The topological polar surface area (TPSA) is 22.6 Å². The first-order chi connectivity index (χ1) is 9.72. The van der Waals surface area contributed by atoms with Crippen molar-refractivity contribution in [2.45, 2.75) is 25.8 Å². The lowest BCUT2D eigenvalue weighted by Gasteiger charge is -2.42. The van der Waals surface area contributed by atoms with Gasteiger partial charge in [0.2, 0.25) is 0 Å². The van der Waals surface area contributed by atoms with Crippen molar-refractivity contribution in [3.8, 4) is 0 Å². The molecule has 110 valence electrons. The predicted octanol–water partition coefficient (Wildman–Crippen LogP) is 1.61. The lowest BCUT2D eigenvalue weighted by atomic mass is 10.0. The lowest BCUT2D eigenvalue weighted by Crippen LogP contribution is -2.52. The molecule has 0 radical (unpaired) electrons. The molecule has 0 atom stereocenters. The molecule has 2 saturated heterocycles. The first-order valence-electron chi connectivity index (χ1n) is 7.81. The Hall–Kier alpha value is -1.13. The van der Waals surface area contributed by atoms with E-state index in [9.17, 15) is 0 Å². The first kappa shape index (κ1) is 13.8. The maximum absolute atomic E-state index is 4.32. The fourth-order valence-corrected chi connectivity index (χ4v) is 3.39. The van der Waals surface area contributed by atoms with E-state index in [1.807, 2.05) is 12.4 Å². The zero-order valence-corrected chi connectivity index (χ0v) is 12.8. The average Bonchev–Trinajstić information content (AvgIpc) is 2.48. The molecule has 0 spiro atoms. The van der Waals surface area contributed by atoms with Gasteiger partial charge in [0.05, 0.1) is 11.9 Å². The van der Waals surface area contributed by atoms with Crippen molar-refractivity contribution in [2.75, 3.05) is 51.2 Å². The molecule has 0 aromatic carbocycles. The van der Waals surface area contributed by atoms with E-state index < -0.39 is 0 Å². The van der Waals surface area contributed by atoms with Crippen molar-refractivity contribution in [1.82, 2.24) is 14.8 Å². The van der Waals surface area contributed by atoms with E-state index in [-0.39, 0.29) is 0 Å². The summed E-state index contributed by atoms with van der Waals surface area (Å²) in [6, 6.07) is 3.04. The molecular weight excluding hydrogens is 248 g/mol. The van der Waals surface area contributed by atoms with Gasteiger partial charge in [-0.3, -0.25) is 9.88 Å². The van der Waals surface area contributed by atoms with Gasteiger partial charge in [0.1, 0.15) is 0 Å². The number of aryl methyl sites for hydroxylation is 1. The molecule has 4 nitrogen and oxygen atoms in total. The lowest BCUT2D eigenvalue weighted by molar-refractivity contribution is 0.0982. The highest BCUT2D eigenvalue weighted by Gasteiger charge is 2.26. The molecular formula is C16H26N4. The smallest absolute Gasteiger partial charge is 0.0555 e. The fraction of sp³-hybridized carbons (Fsp3) is 0.688. The van der Waals surface area contributed by atoms with Crippen LogP contribution in [-0.2, 0) is 0 Å². The molecule has 0 amide bonds. The summed E-state index contributed by atoms with van der Waals surface area (Å²) in [5, 5.41) is 0. The van der Waals surface area contributed by atoms with Crippen LogP contribution < -0.4 is 4.90 Å². The van der Waals surface area contributed by atoms with Crippen molar-refractivity contribution in [2.24, 2.45) is 0 Å². The number of anilines is 1. The van der Waals surface area contributed by atoms with E-state index in [1.165, 1.54) is 63.4 Å². The van der Waals surface area contributed by atoms with E-state index in [1.54, 1.807) is 0 Å². The van der Waals surface area contributed by atoms with Gasteiger partial charge < -0.3 is 9.80 Å². The van der Waals surface area contributed by atoms with Gasteiger partial charge in [-0.1, -0.05) is 0 Å². The summed E-state index contributed by atoms with van der Waals surface area (Å²) in [6.07, 6.45) is 6.51. The molecule has 1 aromatic heterocycles. The largest absolute Gasteiger partial charge is 0.370 e. The number of piperidine rings is 1. The summed E-state index contributed by atoms with van der Waals surface area (Å²) in [7, 11) is 2.23. The second-order valence-electron chi connectivity index (χ2n) is 6.28. The Bertz CT molecular complexity index is 432. The van der Waals surface area contributed by atoms with E-state index in [4.69, 9.17) is 0 Å². The Balaban J connectivity index is 1.54. The van der Waals surface area contributed by atoms with Crippen LogP contribution in [0.15, 0.2) is 18.5 Å². The number of hydrogen-bond acceptors (Lipinski definition) is 4. The van der Waals surface area contributed by atoms with Gasteiger partial charge in [0.25, 0.3) is 0 Å². The Labute approximate surface area is 122 Å². The van der Waals surface area contributed by atoms with Crippen LogP contribution >= 0.6 is 0 Å². The van der Waals surface area contributed by atoms with Gasteiger partial charge in [-0.05, 0) is 38.4 Å². The minimum Gasteiger partial charge on any atom is -0.370 e. The summed E-state index contributed by atoms with van der Waals surface area (Å²) in [5.41, 5.74) is 2.55. The van der Waals surface area contributed by atoms with Gasteiger partial charge in [-0.2, -0.15) is 0 Å². The summed E-state index contributed by atoms with van der Waals surface area (Å²) in [5.74, 6) is 0. The zero-order valence-electron chi connectivity index (χ0n) is 12.8. The summed E-state index contributed by atoms with van der Waals surface area (Å²) < 4.78 is 0. The van der Waals surface area contributed by atoms with Crippen LogP contribution in [0.3, 0.4) is 0 Å². The molecule has 2 fully saturated rings. The van der Waals surface area contributed by atoms with Gasteiger partial charge in [0.15, 0.2) is 0 Å². The van der Waals surface area contributed by atoms with Crippen molar-refractivity contribution >= 4 is 5.69 Å². The number of nitrogens with zero attached hydrogens (tertiary/aromatic N) is 4. The first-order valence-corrected chi connectivity index (χ1v) is 7.81. The van der Waals surface area contributed by atoms with Crippen molar-refractivity contribution in [3.63, 3.8) is 0 Å². The van der Waals surface area contributed by atoms with E-state index >= 15 is 0 Å². The van der Waals surface area contributed by atoms with Gasteiger partial charge in [-0.25, -0.2) is 0 Å². The van der Waals surface area contributed by atoms with Crippen LogP contribution in [0.2, 0.25) is 0 Å². The maximum Gasteiger partial charge on any atom is 0.0555 e. The fourth-order valence-electron chi connectivity index (χ4n) is 3.39. The van der Waals surface area contributed by atoms with Crippen molar-refractivity contribution < 1.29 is 0 Å². The third kappa shape index (κ3) is 3.13. The Kier molecular flexibility index (Phi) is 4.22. The number of aromatic nitrogens is 1. The molecule has 0 unspecified atom stereocenters. The number of pyridine rings is 1. The molecule has 0 saturated carbocycles. The van der Waals surface area contributed by atoms with Crippen LogP contribution in [0.1, 0.15) is 18.4 Å². The second-order valence-corrected chi connectivity index (χ2v) is 6.28. The molecule has 0 bridgehead atoms. The van der Waals surface area contributed by atoms with Gasteiger partial charge in [-0.15, -0.1) is 0 Å². The van der Waals surface area contributed by atoms with Gasteiger partial charge >= 0.3 is 0 Å². The van der Waals surface area contributed by atoms with Crippen LogP contribution in [0.25, 0.3) is 0 Å². The molecule has 4 heteroatoms. The minimum atomic E-state index is 0.790. The zero-order chi connectivity index (χ0) is 13.9. The number of rotatable bonds is 2. The second kappa shape index (κ2) is 6.10. The van der Waals surface area contributed by atoms with E-state index in [0.717, 1.165) is 6.04 Å². The highest BCUT2D eigenvalue weighted by Crippen LogP contribution is 2.23. The Morgan fingerprint density at radius 3 is 2.35 bits per heavy atom. The predicted molar refractivity (Wildman–Crippen MR) is 83.3 cm³/mol. The van der Waals surface area contributed by atoms with Gasteiger partial charge in [0, 0.05) is 51.5 Å². The minimum absolute atomic E-state index is 0.790. The number of hydrogen-bond donors (Lipinski definition) is 0. The third-order valence-corrected chi connectivity index (χ3v) is 4.74. The number of likely N-dealkylation sites (N-methyl/N-ethyl adjacent to an activating group) is 1. The molecule has 3 heterocycles. The molecule has 1 aromatic rings. The third-order valence-electron chi connectivity index (χ3n) is 4.74. The molecule has 2 aliphatic rings. The van der Waals surface area contributed by atoms with Crippen LogP contribution in [0.5, 0.6) is 0 Å². The molecule has 0 N–H and O–H groups in total. The van der Waals surface area contributed by atoms with E-state index in [2.05, 4.69) is 39.7 Å². The van der Waals surface area contributed by atoms with E-state index in [0.29, 0.717) is 0 Å². The van der Waals surface area contributed by atoms with Crippen LogP contribution in [0.4, 0.5) is 5.69 Å². The molecule has 2 aliphatic heterocycles. The van der Waals surface area contributed by atoms with Crippen molar-refractivity contribution in [3.05, 3.63) is 24.0 Å².